The first-order valence-corrected chi connectivity index (χ1v) is 12.7. The second-order valence-corrected chi connectivity index (χ2v) is 11.5. The smallest absolute Gasteiger partial charge is 0.353 e. The molecule has 0 bridgehead atoms. The van der Waals surface area contributed by atoms with Crippen molar-refractivity contribution in [2.24, 2.45) is 16.8 Å². The summed E-state index contributed by atoms with van der Waals surface area (Å²) in [5, 5.41) is 23.0. The van der Waals surface area contributed by atoms with Crippen LogP contribution < -0.4 is 5.32 Å². The van der Waals surface area contributed by atoms with Crippen molar-refractivity contribution in [3.05, 3.63) is 10.6 Å². The Morgan fingerprint density at radius 1 is 1.40 bits per heavy atom. The van der Waals surface area contributed by atoms with Crippen LogP contribution in [0.5, 0.6) is 0 Å². The number of carboxylic acids is 1. The van der Waals surface area contributed by atoms with Gasteiger partial charge in [0, 0.05) is 22.6 Å². The summed E-state index contributed by atoms with van der Waals surface area (Å²) < 4.78 is 25.3. The number of thioether (sulfide) groups is 1. The van der Waals surface area contributed by atoms with E-state index in [4.69, 9.17) is 0 Å². The largest absolute Gasteiger partial charge is 0.477 e. The van der Waals surface area contributed by atoms with Gasteiger partial charge in [-0.05, 0) is 13.3 Å². The molecule has 166 valence electrons. The third-order valence-corrected chi connectivity index (χ3v) is 8.92. The number of amidine groups is 1. The van der Waals surface area contributed by atoms with E-state index in [2.05, 4.69) is 10.3 Å². The summed E-state index contributed by atoms with van der Waals surface area (Å²) in [5.74, 6) is -1.75. The average molecular weight is 459 g/mol. The molecule has 4 aliphatic rings. The van der Waals surface area contributed by atoms with Gasteiger partial charge in [0.1, 0.15) is 11.5 Å². The molecular formula is C18H26N4O6S2. The van der Waals surface area contributed by atoms with E-state index in [1.165, 1.54) is 27.2 Å². The number of carboxylic acid groups (broad SMARTS) is 1. The fraction of sp³-hybridized carbons (Fsp3) is 0.722. The van der Waals surface area contributed by atoms with Gasteiger partial charge in [0.15, 0.2) is 0 Å². The van der Waals surface area contributed by atoms with Crippen molar-refractivity contribution in [3.8, 4) is 0 Å². The van der Waals surface area contributed by atoms with E-state index in [-0.39, 0.29) is 34.9 Å². The van der Waals surface area contributed by atoms with Crippen molar-refractivity contribution in [1.29, 1.82) is 0 Å². The van der Waals surface area contributed by atoms with Gasteiger partial charge in [0.25, 0.3) is 0 Å². The first-order chi connectivity index (χ1) is 14.0. The standard InChI is InChI=1S/C18H26N4O6S2/c1-8-13-12(9(2)23)17(24)22(13)14(18(25)26)15(8)29-10-6-11(20-7-10)16-19-4-5-21(16)30(3,27)28/h8-13,20,23H,4-7H2,1-3H3,(H,25,26)/t8-,9-,10+,11+,12+,13-/m1/s1. The molecule has 1 amide bonds. The number of aliphatic imine (C=N–C) groups is 1. The quantitative estimate of drug-likeness (QED) is 0.443. The molecule has 0 saturated carbocycles. The summed E-state index contributed by atoms with van der Waals surface area (Å²) in [4.78, 5) is 30.7. The number of carbonyl (C=O) groups is 2. The molecule has 0 aliphatic carbocycles. The second kappa shape index (κ2) is 7.50. The highest BCUT2D eigenvalue weighted by atomic mass is 32.2. The number of hydrogen-bond acceptors (Lipinski definition) is 8. The van der Waals surface area contributed by atoms with E-state index in [0.717, 1.165) is 0 Å². The van der Waals surface area contributed by atoms with Gasteiger partial charge >= 0.3 is 5.97 Å². The van der Waals surface area contributed by atoms with Crippen molar-refractivity contribution >= 4 is 39.5 Å². The van der Waals surface area contributed by atoms with Gasteiger partial charge in [0.2, 0.25) is 15.9 Å². The van der Waals surface area contributed by atoms with Crippen molar-refractivity contribution in [2.75, 3.05) is 25.9 Å². The van der Waals surface area contributed by atoms with Crippen LogP contribution in [-0.2, 0) is 19.6 Å². The molecule has 0 aromatic heterocycles. The third kappa shape index (κ3) is 3.33. The highest BCUT2D eigenvalue weighted by Gasteiger charge is 2.60. The zero-order valence-corrected chi connectivity index (χ0v) is 18.6. The number of aliphatic hydroxyl groups excluding tert-OH is 1. The topological polar surface area (TPSA) is 140 Å². The van der Waals surface area contributed by atoms with Crippen molar-refractivity contribution in [2.45, 2.75) is 43.7 Å². The Hall–Kier alpha value is -1.63. The van der Waals surface area contributed by atoms with Crippen molar-refractivity contribution < 1.29 is 28.2 Å². The Balaban J connectivity index is 1.51. The Morgan fingerprint density at radius 3 is 2.70 bits per heavy atom. The molecular weight excluding hydrogens is 432 g/mol. The van der Waals surface area contributed by atoms with Crippen LogP contribution in [0.3, 0.4) is 0 Å². The molecule has 0 unspecified atom stereocenters. The SMILES string of the molecule is C[C@@H](O)[C@@H]1C(=O)N2C(C(=O)O)=C(S[C@@H]3CN[C@H](C4=NCCN4S(C)(=O)=O)C3)[C@H](C)[C@H]12. The second-order valence-electron chi connectivity index (χ2n) is 8.28. The molecule has 2 fully saturated rings. The summed E-state index contributed by atoms with van der Waals surface area (Å²) >= 11 is 1.43. The van der Waals surface area contributed by atoms with Gasteiger partial charge in [-0.15, -0.1) is 11.8 Å². The summed E-state index contributed by atoms with van der Waals surface area (Å²) in [5.41, 5.74) is 0.0128. The molecule has 0 radical (unpaired) electrons. The zero-order chi connectivity index (χ0) is 22.0. The molecule has 4 heterocycles. The van der Waals surface area contributed by atoms with E-state index in [1.54, 1.807) is 6.92 Å². The minimum atomic E-state index is -3.38. The maximum Gasteiger partial charge on any atom is 0.353 e. The van der Waals surface area contributed by atoms with Gasteiger partial charge in [0.05, 0.1) is 43.5 Å². The van der Waals surface area contributed by atoms with E-state index >= 15 is 0 Å². The van der Waals surface area contributed by atoms with Crippen molar-refractivity contribution in [1.82, 2.24) is 14.5 Å². The van der Waals surface area contributed by atoms with Crippen LogP contribution in [0.1, 0.15) is 20.3 Å². The maximum atomic E-state index is 12.5. The van der Waals surface area contributed by atoms with E-state index in [1.807, 2.05) is 6.92 Å². The van der Waals surface area contributed by atoms with Crippen LogP contribution in [0.25, 0.3) is 0 Å². The van der Waals surface area contributed by atoms with Gasteiger partial charge in [-0.3, -0.25) is 14.1 Å². The van der Waals surface area contributed by atoms with Crippen LogP contribution in [0.4, 0.5) is 0 Å². The predicted octanol–water partition coefficient (Wildman–Crippen LogP) is -0.722. The first-order valence-electron chi connectivity index (χ1n) is 9.93. The normalized spacial score (nSPS) is 34.9. The molecule has 0 aromatic carbocycles. The van der Waals surface area contributed by atoms with Gasteiger partial charge < -0.3 is 20.4 Å². The molecule has 4 rings (SSSR count). The number of sulfonamides is 1. The number of rotatable bonds is 6. The maximum absolute atomic E-state index is 12.5. The number of carbonyl (C=O) groups excluding carboxylic acids is 1. The Morgan fingerprint density at radius 2 is 2.10 bits per heavy atom. The van der Waals surface area contributed by atoms with E-state index in [0.29, 0.717) is 36.8 Å². The lowest BCUT2D eigenvalue weighted by molar-refractivity contribution is -0.163. The molecule has 2 saturated heterocycles. The number of fused-ring (bicyclic) bond motifs is 1. The number of aliphatic hydroxyl groups is 1. The number of amides is 1. The molecule has 12 heteroatoms. The van der Waals surface area contributed by atoms with Gasteiger partial charge in [-0.2, -0.15) is 0 Å². The zero-order valence-electron chi connectivity index (χ0n) is 17.0. The molecule has 3 N–H and O–H groups in total. The Bertz CT molecular complexity index is 946. The van der Waals surface area contributed by atoms with Crippen LogP contribution >= 0.6 is 11.8 Å². The van der Waals surface area contributed by atoms with Gasteiger partial charge in [-0.25, -0.2) is 13.2 Å². The Kier molecular flexibility index (Phi) is 5.40. The molecule has 0 spiro atoms. The summed E-state index contributed by atoms with van der Waals surface area (Å²) in [6.07, 6.45) is 0.941. The molecule has 6 atom stereocenters. The number of nitrogens with one attached hydrogen (secondary N) is 1. The molecule has 10 nitrogen and oxygen atoms in total. The molecule has 0 aromatic rings. The molecule has 30 heavy (non-hydrogen) atoms. The minimum absolute atomic E-state index is 0.0128. The summed E-state index contributed by atoms with van der Waals surface area (Å²) in [7, 11) is -3.38. The number of aliphatic carboxylic acids is 1. The van der Waals surface area contributed by atoms with Crippen LogP contribution in [0.15, 0.2) is 15.6 Å². The van der Waals surface area contributed by atoms with Crippen molar-refractivity contribution in [3.63, 3.8) is 0 Å². The average Bonchev–Trinajstić information content (AvgIpc) is 3.32. The van der Waals surface area contributed by atoms with Gasteiger partial charge in [-0.1, -0.05) is 6.92 Å². The fourth-order valence-electron chi connectivity index (χ4n) is 4.92. The molecule has 4 aliphatic heterocycles. The minimum Gasteiger partial charge on any atom is -0.477 e. The van der Waals surface area contributed by atoms with E-state index < -0.39 is 28.0 Å². The lowest BCUT2D eigenvalue weighted by atomic mass is 9.79. The van der Waals surface area contributed by atoms with Crippen LogP contribution in [0, 0.1) is 11.8 Å². The highest BCUT2D eigenvalue weighted by molar-refractivity contribution is 8.03. The first kappa shape index (κ1) is 21.6. The Labute approximate surface area is 179 Å². The third-order valence-electron chi connectivity index (χ3n) is 6.24. The van der Waals surface area contributed by atoms with Crippen LogP contribution in [0.2, 0.25) is 0 Å². The number of β-lactam (4-membered cyclic amide) rings is 1. The predicted molar refractivity (Wildman–Crippen MR) is 111 cm³/mol. The van der Waals surface area contributed by atoms with E-state index in [9.17, 15) is 28.2 Å². The highest BCUT2D eigenvalue weighted by Crippen LogP contribution is 2.51. The fourth-order valence-corrected chi connectivity index (χ4v) is 7.33. The summed E-state index contributed by atoms with van der Waals surface area (Å²) in [6.45, 7) is 4.80. The lowest BCUT2D eigenvalue weighted by Gasteiger charge is -2.46. The number of nitrogens with zero attached hydrogens (tertiary/aromatic N) is 3. The lowest BCUT2D eigenvalue weighted by Crippen LogP contribution is -2.63. The summed E-state index contributed by atoms with van der Waals surface area (Å²) in [6, 6.07) is -0.551. The number of hydrogen-bond donors (Lipinski definition) is 3. The monoisotopic (exact) mass is 458 g/mol. The van der Waals surface area contributed by atoms with Crippen LogP contribution in [-0.4, -0.2) is 94.9 Å².